The number of hydrogen-bond acceptors (Lipinski definition) is 3. The molecule has 2 amide bonds. The molecule has 0 radical (unpaired) electrons. The fraction of sp³-hybridized carbons (Fsp3) is 0.875. The van der Waals surface area contributed by atoms with Crippen LogP contribution in [0.2, 0.25) is 0 Å². The van der Waals surface area contributed by atoms with Gasteiger partial charge in [0.05, 0.1) is 0 Å². The molecule has 2 aliphatic heterocycles. The number of piperidine rings is 1. The van der Waals surface area contributed by atoms with E-state index in [9.17, 15) is 9.59 Å². The van der Waals surface area contributed by atoms with Crippen molar-refractivity contribution < 1.29 is 14.3 Å². The summed E-state index contributed by atoms with van der Waals surface area (Å²) in [6.45, 7) is 4.13. The quantitative estimate of drug-likeness (QED) is 0.857. The zero-order valence-electron chi connectivity index (χ0n) is 12.9. The van der Waals surface area contributed by atoms with Crippen molar-refractivity contribution in [2.75, 3.05) is 19.7 Å². The van der Waals surface area contributed by atoms with Gasteiger partial charge in [0.1, 0.15) is 5.60 Å². The minimum absolute atomic E-state index is 0.0224. The number of likely N-dealkylation sites (tertiary alicyclic amines) is 1. The van der Waals surface area contributed by atoms with E-state index in [0.717, 1.165) is 58.0 Å². The molecule has 2 saturated heterocycles. The van der Waals surface area contributed by atoms with E-state index in [2.05, 4.69) is 5.32 Å². The number of carbonyl (C=O) groups is 2. The minimum Gasteiger partial charge on any atom is -0.365 e. The summed E-state index contributed by atoms with van der Waals surface area (Å²) in [6, 6.07) is 0.183. The zero-order valence-corrected chi connectivity index (χ0v) is 12.9. The SMILES string of the molecule is C[C@@]1(C(=O)NC2CCN(C(=O)C3CC3)CC2)CCCCO1. The van der Waals surface area contributed by atoms with Crippen LogP contribution in [0.3, 0.4) is 0 Å². The van der Waals surface area contributed by atoms with Gasteiger partial charge in [0, 0.05) is 31.7 Å². The molecule has 118 valence electrons. The summed E-state index contributed by atoms with van der Waals surface area (Å²) < 4.78 is 5.69. The first-order valence-electron chi connectivity index (χ1n) is 8.32. The van der Waals surface area contributed by atoms with Gasteiger partial charge in [-0.1, -0.05) is 0 Å². The van der Waals surface area contributed by atoms with Crippen LogP contribution in [0.25, 0.3) is 0 Å². The van der Waals surface area contributed by atoms with Gasteiger partial charge >= 0.3 is 0 Å². The van der Waals surface area contributed by atoms with Crippen LogP contribution < -0.4 is 5.32 Å². The summed E-state index contributed by atoms with van der Waals surface area (Å²) >= 11 is 0. The average molecular weight is 294 g/mol. The number of amides is 2. The molecule has 0 unspecified atom stereocenters. The van der Waals surface area contributed by atoms with Crippen LogP contribution in [0.1, 0.15) is 51.9 Å². The van der Waals surface area contributed by atoms with Crippen molar-refractivity contribution in [2.24, 2.45) is 5.92 Å². The number of nitrogens with one attached hydrogen (secondary N) is 1. The molecule has 0 aromatic carbocycles. The van der Waals surface area contributed by atoms with Crippen molar-refractivity contribution >= 4 is 11.8 Å². The lowest BCUT2D eigenvalue weighted by atomic mass is 9.94. The topological polar surface area (TPSA) is 58.6 Å². The monoisotopic (exact) mass is 294 g/mol. The number of rotatable bonds is 3. The highest BCUT2D eigenvalue weighted by molar-refractivity contribution is 5.85. The zero-order chi connectivity index (χ0) is 14.9. The molecule has 5 nitrogen and oxygen atoms in total. The van der Waals surface area contributed by atoms with E-state index in [-0.39, 0.29) is 11.9 Å². The summed E-state index contributed by atoms with van der Waals surface area (Å²) in [5, 5.41) is 3.13. The van der Waals surface area contributed by atoms with E-state index in [1.165, 1.54) is 0 Å². The highest BCUT2D eigenvalue weighted by atomic mass is 16.5. The summed E-state index contributed by atoms with van der Waals surface area (Å²) in [5.74, 6) is 0.641. The average Bonchev–Trinajstić information content (AvgIpc) is 3.33. The van der Waals surface area contributed by atoms with E-state index in [1.807, 2.05) is 11.8 Å². The van der Waals surface area contributed by atoms with Gasteiger partial charge in [-0.25, -0.2) is 0 Å². The first kappa shape index (κ1) is 14.8. The number of hydrogen-bond donors (Lipinski definition) is 1. The molecule has 3 fully saturated rings. The van der Waals surface area contributed by atoms with Crippen molar-refractivity contribution in [2.45, 2.75) is 63.5 Å². The van der Waals surface area contributed by atoms with E-state index in [4.69, 9.17) is 4.74 Å². The fourth-order valence-corrected chi connectivity index (χ4v) is 3.28. The molecule has 0 aromatic heterocycles. The highest BCUT2D eigenvalue weighted by Crippen LogP contribution is 2.32. The third kappa shape index (κ3) is 3.39. The first-order valence-corrected chi connectivity index (χ1v) is 8.32. The lowest BCUT2D eigenvalue weighted by Crippen LogP contribution is -2.54. The number of ether oxygens (including phenoxy) is 1. The van der Waals surface area contributed by atoms with Gasteiger partial charge in [-0.2, -0.15) is 0 Å². The van der Waals surface area contributed by atoms with Gasteiger partial charge in [0.2, 0.25) is 5.91 Å². The van der Waals surface area contributed by atoms with Gasteiger partial charge < -0.3 is 15.0 Å². The molecule has 0 aromatic rings. The Morgan fingerprint density at radius 3 is 2.43 bits per heavy atom. The third-order valence-corrected chi connectivity index (χ3v) is 5.02. The Kier molecular flexibility index (Phi) is 4.20. The Morgan fingerprint density at radius 2 is 1.86 bits per heavy atom. The van der Waals surface area contributed by atoms with E-state index >= 15 is 0 Å². The van der Waals surface area contributed by atoms with Gasteiger partial charge in [-0.3, -0.25) is 9.59 Å². The van der Waals surface area contributed by atoms with Crippen molar-refractivity contribution in [1.29, 1.82) is 0 Å². The molecule has 0 spiro atoms. The molecular formula is C16H26N2O3. The van der Waals surface area contributed by atoms with Crippen molar-refractivity contribution in [1.82, 2.24) is 10.2 Å². The maximum atomic E-state index is 12.4. The van der Waals surface area contributed by atoms with Gasteiger partial charge in [-0.15, -0.1) is 0 Å². The second-order valence-electron chi connectivity index (χ2n) is 6.88. The molecule has 0 bridgehead atoms. The van der Waals surface area contributed by atoms with Crippen molar-refractivity contribution in [3.63, 3.8) is 0 Å². The third-order valence-electron chi connectivity index (χ3n) is 5.02. The molecule has 3 rings (SSSR count). The van der Waals surface area contributed by atoms with Crippen LogP contribution in [0, 0.1) is 5.92 Å². The molecule has 2 heterocycles. The number of nitrogens with zero attached hydrogens (tertiary/aromatic N) is 1. The van der Waals surface area contributed by atoms with Gasteiger partial charge in [-0.05, 0) is 51.9 Å². The standard InChI is InChI=1S/C16H26N2O3/c1-16(8-2-3-11-21-16)15(20)17-13-6-9-18(10-7-13)14(19)12-4-5-12/h12-13H,2-11H2,1H3,(H,17,20)/t16-/m0/s1. The Hall–Kier alpha value is -1.10. The van der Waals surface area contributed by atoms with Crippen LogP contribution >= 0.6 is 0 Å². The van der Waals surface area contributed by atoms with Crippen LogP contribution in [0.4, 0.5) is 0 Å². The molecule has 1 aliphatic carbocycles. The second-order valence-corrected chi connectivity index (χ2v) is 6.88. The number of carbonyl (C=O) groups excluding carboxylic acids is 2. The van der Waals surface area contributed by atoms with E-state index < -0.39 is 5.60 Å². The van der Waals surface area contributed by atoms with Crippen LogP contribution in [-0.2, 0) is 14.3 Å². The van der Waals surface area contributed by atoms with Crippen LogP contribution in [-0.4, -0.2) is 48.1 Å². The largest absolute Gasteiger partial charge is 0.365 e. The first-order chi connectivity index (χ1) is 10.1. The summed E-state index contributed by atoms with van der Waals surface area (Å²) in [7, 11) is 0. The van der Waals surface area contributed by atoms with Crippen molar-refractivity contribution in [3.8, 4) is 0 Å². The molecule has 1 N–H and O–H groups in total. The van der Waals surface area contributed by atoms with Gasteiger partial charge in [0.25, 0.3) is 5.91 Å². The Morgan fingerprint density at radius 1 is 1.14 bits per heavy atom. The smallest absolute Gasteiger partial charge is 0.252 e. The maximum absolute atomic E-state index is 12.4. The molecule has 21 heavy (non-hydrogen) atoms. The van der Waals surface area contributed by atoms with E-state index in [0.29, 0.717) is 18.4 Å². The summed E-state index contributed by atoms with van der Waals surface area (Å²) in [6.07, 6.45) is 6.75. The molecule has 1 saturated carbocycles. The fourth-order valence-electron chi connectivity index (χ4n) is 3.28. The summed E-state index contributed by atoms with van der Waals surface area (Å²) in [5.41, 5.74) is -0.654. The highest BCUT2D eigenvalue weighted by Gasteiger charge is 2.38. The minimum atomic E-state index is -0.654. The van der Waals surface area contributed by atoms with Gasteiger partial charge in [0.15, 0.2) is 0 Å². The Bertz CT molecular complexity index is 406. The molecular weight excluding hydrogens is 268 g/mol. The van der Waals surface area contributed by atoms with Crippen LogP contribution in [0.5, 0.6) is 0 Å². The Balaban J connectivity index is 1.46. The lowest BCUT2D eigenvalue weighted by Gasteiger charge is -2.37. The predicted molar refractivity (Wildman–Crippen MR) is 78.7 cm³/mol. The molecule has 5 heteroatoms. The maximum Gasteiger partial charge on any atom is 0.252 e. The van der Waals surface area contributed by atoms with Crippen LogP contribution in [0.15, 0.2) is 0 Å². The normalized spacial score (nSPS) is 31.0. The molecule has 1 atom stereocenters. The second kappa shape index (κ2) is 5.95. The predicted octanol–water partition coefficient (Wildman–Crippen LogP) is 1.46. The Labute approximate surface area is 126 Å². The van der Waals surface area contributed by atoms with Crippen molar-refractivity contribution in [3.05, 3.63) is 0 Å². The molecule has 3 aliphatic rings. The summed E-state index contributed by atoms with van der Waals surface area (Å²) in [4.78, 5) is 26.4. The lowest BCUT2D eigenvalue weighted by molar-refractivity contribution is -0.151. The van der Waals surface area contributed by atoms with E-state index in [1.54, 1.807) is 0 Å².